The summed E-state index contributed by atoms with van der Waals surface area (Å²) in [5.74, 6) is -0.808. The zero-order valence-electron chi connectivity index (χ0n) is 7.37. The highest BCUT2D eigenvalue weighted by Crippen LogP contribution is 2.29. The molecule has 0 fully saturated rings. The number of nitro groups is 1. The molecule has 0 spiro atoms. The molecule has 0 saturated heterocycles. The molecule has 0 saturated carbocycles. The van der Waals surface area contributed by atoms with E-state index in [-0.39, 0.29) is 27.8 Å². The summed E-state index contributed by atoms with van der Waals surface area (Å²) in [7, 11) is 0. The van der Waals surface area contributed by atoms with Gasteiger partial charge < -0.3 is 5.73 Å². The van der Waals surface area contributed by atoms with E-state index in [1.807, 2.05) is 0 Å². The van der Waals surface area contributed by atoms with Gasteiger partial charge in [-0.05, 0) is 0 Å². The SMILES string of the molecule is Nc1cc([N+](=O)[O-])cc(C(=O)CCl)c1Cl. The fourth-order valence-electron chi connectivity index (χ4n) is 1.01. The topological polar surface area (TPSA) is 86.2 Å². The molecule has 1 aromatic carbocycles. The van der Waals surface area contributed by atoms with Crippen molar-refractivity contribution >= 4 is 40.4 Å². The van der Waals surface area contributed by atoms with Crippen LogP contribution < -0.4 is 5.73 Å². The smallest absolute Gasteiger partial charge is 0.272 e. The van der Waals surface area contributed by atoms with E-state index in [0.29, 0.717) is 0 Å². The Balaban J connectivity index is 3.37. The molecule has 0 aliphatic heterocycles. The molecule has 0 amide bonds. The summed E-state index contributed by atoms with van der Waals surface area (Å²) in [5.41, 5.74) is 5.09. The van der Waals surface area contributed by atoms with Crippen LogP contribution in [-0.2, 0) is 0 Å². The molecule has 0 heterocycles. The van der Waals surface area contributed by atoms with Gasteiger partial charge in [0, 0.05) is 17.7 Å². The van der Waals surface area contributed by atoms with Gasteiger partial charge in [-0.1, -0.05) is 11.6 Å². The van der Waals surface area contributed by atoms with Crippen LogP contribution in [0.5, 0.6) is 0 Å². The summed E-state index contributed by atoms with van der Waals surface area (Å²) in [5, 5.41) is 10.5. The summed E-state index contributed by atoms with van der Waals surface area (Å²) in [6, 6.07) is 2.15. The molecular formula is C8H6Cl2N2O3. The van der Waals surface area contributed by atoms with Crippen LogP contribution >= 0.6 is 23.2 Å². The van der Waals surface area contributed by atoms with Crippen LogP contribution in [0, 0.1) is 10.1 Å². The lowest BCUT2D eigenvalue weighted by Crippen LogP contribution is -2.04. The minimum atomic E-state index is -0.655. The summed E-state index contributed by atoms with van der Waals surface area (Å²) in [6.07, 6.45) is 0. The largest absolute Gasteiger partial charge is 0.397 e. The van der Waals surface area contributed by atoms with E-state index < -0.39 is 10.7 Å². The lowest BCUT2D eigenvalue weighted by Gasteiger charge is -2.04. The highest BCUT2D eigenvalue weighted by molar-refractivity contribution is 6.39. The molecule has 0 atom stereocenters. The number of nitrogen functional groups attached to an aromatic ring is 1. The fraction of sp³-hybridized carbons (Fsp3) is 0.125. The number of nitrogens with zero attached hydrogens (tertiary/aromatic N) is 1. The number of carbonyl (C=O) groups excluding carboxylic acids is 1. The number of ketones is 1. The lowest BCUT2D eigenvalue weighted by atomic mass is 10.1. The number of non-ortho nitro benzene ring substituents is 1. The van der Waals surface area contributed by atoms with Crippen LogP contribution in [0.4, 0.5) is 11.4 Å². The van der Waals surface area contributed by atoms with Crippen LogP contribution in [0.15, 0.2) is 12.1 Å². The molecule has 15 heavy (non-hydrogen) atoms. The number of halogens is 2. The predicted molar refractivity (Wildman–Crippen MR) is 57.6 cm³/mol. The minimum absolute atomic E-state index is 0.00810. The number of rotatable bonds is 3. The van der Waals surface area contributed by atoms with Gasteiger partial charge in [0.05, 0.1) is 21.5 Å². The van der Waals surface area contributed by atoms with Gasteiger partial charge in [0.1, 0.15) is 0 Å². The van der Waals surface area contributed by atoms with Crippen molar-refractivity contribution in [1.82, 2.24) is 0 Å². The van der Waals surface area contributed by atoms with Crippen LogP contribution in [0.25, 0.3) is 0 Å². The monoisotopic (exact) mass is 248 g/mol. The molecule has 1 rings (SSSR count). The lowest BCUT2D eigenvalue weighted by molar-refractivity contribution is -0.384. The van der Waals surface area contributed by atoms with E-state index in [2.05, 4.69) is 0 Å². The molecule has 0 aliphatic rings. The van der Waals surface area contributed by atoms with Gasteiger partial charge in [-0.2, -0.15) is 0 Å². The van der Waals surface area contributed by atoms with E-state index in [1.54, 1.807) is 0 Å². The van der Waals surface area contributed by atoms with Gasteiger partial charge in [-0.25, -0.2) is 0 Å². The maximum Gasteiger partial charge on any atom is 0.272 e. The standard InChI is InChI=1S/C8H6Cl2N2O3/c9-3-7(13)5-1-4(12(14)15)2-6(11)8(5)10/h1-2H,3,11H2. The van der Waals surface area contributed by atoms with Crippen molar-refractivity contribution < 1.29 is 9.72 Å². The van der Waals surface area contributed by atoms with Crippen molar-refractivity contribution in [1.29, 1.82) is 0 Å². The van der Waals surface area contributed by atoms with Gasteiger partial charge in [-0.3, -0.25) is 14.9 Å². The van der Waals surface area contributed by atoms with E-state index in [9.17, 15) is 14.9 Å². The number of hydrogen-bond donors (Lipinski definition) is 1. The number of alkyl halides is 1. The van der Waals surface area contributed by atoms with Crippen molar-refractivity contribution in [3.05, 3.63) is 32.8 Å². The molecule has 5 nitrogen and oxygen atoms in total. The Kier molecular flexibility index (Phi) is 3.49. The van der Waals surface area contributed by atoms with Crippen molar-refractivity contribution in [2.45, 2.75) is 0 Å². The molecule has 7 heteroatoms. The average molecular weight is 249 g/mol. The number of nitrogens with two attached hydrogens (primary N) is 1. The van der Waals surface area contributed by atoms with Crippen molar-refractivity contribution in [2.75, 3.05) is 11.6 Å². The Hall–Kier alpha value is -1.33. The molecule has 0 radical (unpaired) electrons. The number of Topliss-reactive ketones (excluding diaryl/α,β-unsaturated/α-hetero) is 1. The molecule has 0 bridgehead atoms. The van der Waals surface area contributed by atoms with Crippen LogP contribution in [0.3, 0.4) is 0 Å². The quantitative estimate of drug-likeness (QED) is 0.292. The Bertz CT molecular complexity index is 434. The zero-order chi connectivity index (χ0) is 11.6. The molecule has 80 valence electrons. The predicted octanol–water partition coefficient (Wildman–Crippen LogP) is 2.25. The summed E-state index contributed by atoms with van der Waals surface area (Å²) >= 11 is 11.0. The second-order valence-corrected chi connectivity index (χ2v) is 3.36. The minimum Gasteiger partial charge on any atom is -0.397 e. The van der Waals surface area contributed by atoms with E-state index in [0.717, 1.165) is 12.1 Å². The maximum atomic E-state index is 11.3. The number of benzene rings is 1. The third-order valence-corrected chi connectivity index (χ3v) is 2.38. The molecule has 0 aromatic heterocycles. The Labute approximate surface area is 94.9 Å². The van der Waals surface area contributed by atoms with Gasteiger partial charge in [0.15, 0.2) is 5.78 Å². The third kappa shape index (κ3) is 2.37. The van der Waals surface area contributed by atoms with Crippen molar-refractivity contribution in [3.63, 3.8) is 0 Å². The van der Waals surface area contributed by atoms with Crippen LogP contribution in [0.2, 0.25) is 5.02 Å². The second kappa shape index (κ2) is 4.46. The molecule has 0 unspecified atom stereocenters. The molecule has 2 N–H and O–H groups in total. The van der Waals surface area contributed by atoms with Gasteiger partial charge in [0.2, 0.25) is 0 Å². The average Bonchev–Trinajstić information content (AvgIpc) is 2.20. The van der Waals surface area contributed by atoms with Gasteiger partial charge in [-0.15, -0.1) is 11.6 Å². The highest BCUT2D eigenvalue weighted by Gasteiger charge is 2.17. The van der Waals surface area contributed by atoms with E-state index in [1.165, 1.54) is 0 Å². The number of anilines is 1. The normalized spacial score (nSPS) is 10.0. The molecule has 0 aliphatic carbocycles. The molecule has 1 aromatic rings. The van der Waals surface area contributed by atoms with Crippen LogP contribution in [0.1, 0.15) is 10.4 Å². The first-order chi connectivity index (χ1) is 6.97. The van der Waals surface area contributed by atoms with Crippen molar-refractivity contribution in [3.8, 4) is 0 Å². The summed E-state index contributed by atoms with van der Waals surface area (Å²) < 4.78 is 0. The zero-order valence-corrected chi connectivity index (χ0v) is 8.88. The summed E-state index contributed by atoms with van der Waals surface area (Å²) in [4.78, 5) is 21.1. The highest BCUT2D eigenvalue weighted by atomic mass is 35.5. The van der Waals surface area contributed by atoms with Gasteiger partial charge >= 0.3 is 0 Å². The summed E-state index contributed by atoms with van der Waals surface area (Å²) in [6.45, 7) is 0. The van der Waals surface area contributed by atoms with Crippen molar-refractivity contribution in [2.24, 2.45) is 0 Å². The molecular weight excluding hydrogens is 243 g/mol. The third-order valence-electron chi connectivity index (χ3n) is 1.72. The van der Waals surface area contributed by atoms with E-state index >= 15 is 0 Å². The van der Waals surface area contributed by atoms with Gasteiger partial charge in [0.25, 0.3) is 5.69 Å². The Morgan fingerprint density at radius 3 is 2.60 bits per heavy atom. The van der Waals surface area contributed by atoms with Crippen LogP contribution in [-0.4, -0.2) is 16.6 Å². The number of nitro benzene ring substituents is 1. The first-order valence-electron chi connectivity index (χ1n) is 3.80. The first-order valence-corrected chi connectivity index (χ1v) is 4.71. The second-order valence-electron chi connectivity index (χ2n) is 2.71. The Morgan fingerprint density at radius 1 is 1.53 bits per heavy atom. The van der Waals surface area contributed by atoms with E-state index in [4.69, 9.17) is 28.9 Å². The first kappa shape index (κ1) is 11.7. The number of hydrogen-bond acceptors (Lipinski definition) is 4. The fourth-order valence-corrected chi connectivity index (χ4v) is 1.37. The Morgan fingerprint density at radius 2 is 2.13 bits per heavy atom. The number of carbonyl (C=O) groups is 1. The maximum absolute atomic E-state index is 11.3.